The first-order valence-electron chi connectivity index (χ1n) is 6.69. The molecule has 1 amide bonds. The highest BCUT2D eigenvalue weighted by Crippen LogP contribution is 2.23. The van der Waals surface area contributed by atoms with E-state index < -0.39 is 12.5 Å². The molecule has 2 aromatic rings. The highest BCUT2D eigenvalue weighted by Gasteiger charge is 2.30. The van der Waals surface area contributed by atoms with Gasteiger partial charge >= 0.3 is 12.5 Å². The van der Waals surface area contributed by atoms with E-state index in [4.69, 9.17) is 4.74 Å². The molecule has 2 N–H and O–H groups in total. The lowest BCUT2D eigenvalue weighted by Gasteiger charge is -2.10. The number of carbonyl (C=O) groups is 1. The maximum absolute atomic E-state index is 12.0. The Morgan fingerprint density at radius 3 is 2.61 bits per heavy atom. The normalized spacial score (nSPS) is 11.1. The van der Waals surface area contributed by atoms with Crippen LogP contribution in [0.4, 0.5) is 23.7 Å². The number of aromatic amines is 1. The van der Waals surface area contributed by atoms with Gasteiger partial charge in [-0.25, -0.2) is 9.78 Å². The number of alkyl halides is 3. The zero-order valence-corrected chi connectivity index (χ0v) is 11.9. The molecule has 0 saturated heterocycles. The molecule has 23 heavy (non-hydrogen) atoms. The van der Waals surface area contributed by atoms with Crippen molar-refractivity contribution in [1.82, 2.24) is 9.97 Å². The van der Waals surface area contributed by atoms with Gasteiger partial charge in [-0.2, -0.15) is 0 Å². The standard InChI is InChI=1S/C14H14F3N3O3/c15-14(16,17)23-12-5-3-10(4-6-12)20-13(21)22-7-1-2-11-8-18-9-19-11/h3-6,8-9H,1-2,7H2,(H,18,19)(H,20,21). The van der Waals surface area contributed by atoms with Crippen molar-refractivity contribution in [2.75, 3.05) is 11.9 Å². The lowest BCUT2D eigenvalue weighted by molar-refractivity contribution is -0.274. The number of nitrogens with zero attached hydrogens (tertiary/aromatic N) is 1. The Bertz CT molecular complexity index is 612. The average molecular weight is 329 g/mol. The second-order valence-corrected chi connectivity index (χ2v) is 4.50. The van der Waals surface area contributed by atoms with E-state index in [1.807, 2.05) is 0 Å². The van der Waals surface area contributed by atoms with Gasteiger partial charge < -0.3 is 14.5 Å². The Hall–Kier alpha value is -2.71. The van der Waals surface area contributed by atoms with E-state index >= 15 is 0 Å². The summed E-state index contributed by atoms with van der Waals surface area (Å²) in [5.41, 5.74) is 1.17. The van der Waals surface area contributed by atoms with E-state index in [9.17, 15) is 18.0 Å². The van der Waals surface area contributed by atoms with Crippen molar-refractivity contribution in [3.05, 3.63) is 42.5 Å². The summed E-state index contributed by atoms with van der Waals surface area (Å²) < 4.78 is 44.7. The van der Waals surface area contributed by atoms with Crippen molar-refractivity contribution in [2.45, 2.75) is 19.2 Å². The molecule has 0 spiro atoms. The molecule has 0 aliphatic heterocycles. The number of ether oxygens (including phenoxy) is 2. The van der Waals surface area contributed by atoms with Crippen LogP contribution in [0.25, 0.3) is 0 Å². The second kappa shape index (κ2) is 7.52. The van der Waals surface area contributed by atoms with Crippen LogP contribution in [0.3, 0.4) is 0 Å². The van der Waals surface area contributed by atoms with Crippen molar-refractivity contribution in [3.8, 4) is 5.75 Å². The number of aryl methyl sites for hydroxylation is 1. The predicted molar refractivity (Wildman–Crippen MR) is 75.0 cm³/mol. The molecule has 1 aromatic heterocycles. The number of amides is 1. The zero-order valence-electron chi connectivity index (χ0n) is 11.9. The van der Waals surface area contributed by atoms with Gasteiger partial charge in [0.1, 0.15) is 5.75 Å². The van der Waals surface area contributed by atoms with E-state index in [0.717, 1.165) is 17.8 Å². The summed E-state index contributed by atoms with van der Waals surface area (Å²) in [6.07, 6.45) is -0.838. The van der Waals surface area contributed by atoms with Crippen LogP contribution in [0.15, 0.2) is 36.8 Å². The molecular formula is C14H14F3N3O3. The summed E-state index contributed by atoms with van der Waals surface area (Å²) in [7, 11) is 0. The second-order valence-electron chi connectivity index (χ2n) is 4.50. The fraction of sp³-hybridized carbons (Fsp3) is 0.286. The molecule has 0 radical (unpaired) electrons. The first-order valence-corrected chi connectivity index (χ1v) is 6.69. The number of rotatable bonds is 6. The minimum Gasteiger partial charge on any atom is -0.449 e. The van der Waals surface area contributed by atoms with Crippen LogP contribution in [-0.4, -0.2) is 29.0 Å². The molecule has 0 atom stereocenters. The number of hydrogen-bond donors (Lipinski definition) is 2. The van der Waals surface area contributed by atoms with Crippen LogP contribution in [0, 0.1) is 0 Å². The Morgan fingerprint density at radius 1 is 1.26 bits per heavy atom. The molecule has 0 bridgehead atoms. The van der Waals surface area contributed by atoms with Gasteiger partial charge in [0, 0.05) is 11.9 Å². The number of imidazole rings is 1. The van der Waals surface area contributed by atoms with Gasteiger partial charge in [-0.1, -0.05) is 0 Å². The molecule has 0 unspecified atom stereocenters. The molecule has 0 aliphatic rings. The topological polar surface area (TPSA) is 76.2 Å². The van der Waals surface area contributed by atoms with Crippen molar-refractivity contribution in [2.24, 2.45) is 0 Å². The van der Waals surface area contributed by atoms with E-state index in [2.05, 4.69) is 20.0 Å². The number of halogens is 3. The van der Waals surface area contributed by atoms with E-state index in [1.54, 1.807) is 12.5 Å². The minimum absolute atomic E-state index is 0.202. The maximum atomic E-state index is 12.0. The molecule has 1 aromatic carbocycles. The fourth-order valence-electron chi connectivity index (χ4n) is 1.74. The van der Waals surface area contributed by atoms with Gasteiger partial charge in [-0.05, 0) is 37.1 Å². The van der Waals surface area contributed by atoms with Crippen LogP contribution in [-0.2, 0) is 11.2 Å². The molecule has 0 aliphatic carbocycles. The molecule has 9 heteroatoms. The third-order valence-electron chi connectivity index (χ3n) is 2.70. The molecular weight excluding hydrogens is 315 g/mol. The summed E-state index contributed by atoms with van der Waals surface area (Å²) in [6, 6.07) is 4.76. The number of nitrogens with one attached hydrogen (secondary N) is 2. The quantitative estimate of drug-likeness (QED) is 0.796. The Kier molecular flexibility index (Phi) is 5.45. The monoisotopic (exact) mass is 329 g/mol. The van der Waals surface area contributed by atoms with Gasteiger partial charge in [-0.15, -0.1) is 13.2 Å². The van der Waals surface area contributed by atoms with Gasteiger partial charge in [-0.3, -0.25) is 5.32 Å². The number of benzene rings is 1. The van der Waals surface area contributed by atoms with Crippen LogP contribution >= 0.6 is 0 Å². The van der Waals surface area contributed by atoms with E-state index in [-0.39, 0.29) is 12.4 Å². The van der Waals surface area contributed by atoms with Gasteiger partial charge in [0.15, 0.2) is 0 Å². The van der Waals surface area contributed by atoms with Crippen molar-refractivity contribution >= 4 is 11.8 Å². The van der Waals surface area contributed by atoms with Gasteiger partial charge in [0.2, 0.25) is 0 Å². The van der Waals surface area contributed by atoms with Crippen molar-refractivity contribution in [1.29, 1.82) is 0 Å². The summed E-state index contributed by atoms with van der Waals surface area (Å²) in [5, 5.41) is 2.41. The van der Waals surface area contributed by atoms with E-state index in [0.29, 0.717) is 18.5 Å². The number of anilines is 1. The summed E-state index contributed by atoms with van der Waals surface area (Å²) >= 11 is 0. The van der Waals surface area contributed by atoms with Gasteiger partial charge in [0.25, 0.3) is 0 Å². The molecule has 6 nitrogen and oxygen atoms in total. The summed E-state index contributed by atoms with van der Waals surface area (Å²) in [6.45, 7) is 0.202. The van der Waals surface area contributed by atoms with Crippen molar-refractivity contribution in [3.63, 3.8) is 0 Å². The van der Waals surface area contributed by atoms with Crippen LogP contribution in [0.1, 0.15) is 12.1 Å². The molecule has 0 fully saturated rings. The van der Waals surface area contributed by atoms with Crippen LogP contribution in [0.5, 0.6) is 5.75 Å². The average Bonchev–Trinajstić information content (AvgIpc) is 2.97. The molecule has 1 heterocycles. The maximum Gasteiger partial charge on any atom is 0.573 e. The van der Waals surface area contributed by atoms with Gasteiger partial charge in [0.05, 0.1) is 18.6 Å². The largest absolute Gasteiger partial charge is 0.573 e. The molecule has 124 valence electrons. The summed E-state index contributed by atoms with van der Waals surface area (Å²) in [4.78, 5) is 18.4. The Balaban J connectivity index is 1.70. The number of carbonyl (C=O) groups excluding carboxylic acids is 1. The first-order chi connectivity index (χ1) is 10.9. The van der Waals surface area contributed by atoms with E-state index in [1.165, 1.54) is 12.1 Å². The predicted octanol–water partition coefficient (Wildman–Crippen LogP) is 3.49. The third kappa shape index (κ3) is 6.29. The highest BCUT2D eigenvalue weighted by atomic mass is 19.4. The lowest BCUT2D eigenvalue weighted by Crippen LogP contribution is -2.17. The minimum atomic E-state index is -4.75. The smallest absolute Gasteiger partial charge is 0.449 e. The molecule has 0 saturated carbocycles. The SMILES string of the molecule is O=C(Nc1ccc(OC(F)(F)F)cc1)OCCCc1c[nH]cn1. The van der Waals surface area contributed by atoms with Crippen LogP contribution in [0.2, 0.25) is 0 Å². The fourth-order valence-corrected chi connectivity index (χ4v) is 1.74. The zero-order chi connectivity index (χ0) is 16.7. The molecule has 2 rings (SSSR count). The first kappa shape index (κ1) is 16.7. The van der Waals surface area contributed by atoms with Crippen molar-refractivity contribution < 1.29 is 27.4 Å². The highest BCUT2D eigenvalue weighted by molar-refractivity contribution is 5.84. The van der Waals surface area contributed by atoms with Crippen LogP contribution < -0.4 is 10.1 Å². The third-order valence-corrected chi connectivity index (χ3v) is 2.70. The number of aromatic nitrogens is 2. The number of hydrogen-bond acceptors (Lipinski definition) is 4. The lowest BCUT2D eigenvalue weighted by atomic mass is 10.3. The Morgan fingerprint density at radius 2 is 2.00 bits per heavy atom. The Labute approximate surface area is 129 Å². The number of H-pyrrole nitrogens is 1. The summed E-state index contributed by atoms with van der Waals surface area (Å²) in [5.74, 6) is -0.365.